The summed E-state index contributed by atoms with van der Waals surface area (Å²) in [6.07, 6.45) is 0.340. The van der Waals surface area contributed by atoms with Crippen LogP contribution in [0.25, 0.3) is 0 Å². The molecule has 1 aromatic carbocycles. The van der Waals surface area contributed by atoms with Gasteiger partial charge in [0, 0.05) is 25.1 Å². The van der Waals surface area contributed by atoms with Gasteiger partial charge in [-0.25, -0.2) is 0 Å². The molecule has 1 aromatic rings. The lowest BCUT2D eigenvalue weighted by molar-refractivity contribution is -0.117. The Morgan fingerprint density at radius 1 is 1.35 bits per heavy atom. The van der Waals surface area contributed by atoms with Gasteiger partial charge in [-0.2, -0.15) is 0 Å². The van der Waals surface area contributed by atoms with Crippen LogP contribution in [-0.2, 0) is 11.3 Å². The molecule has 0 radical (unpaired) electrons. The number of carbonyl (C=O) groups excluding carboxylic acids is 1. The molecule has 0 unspecified atom stereocenters. The number of carbonyl (C=O) groups is 1. The number of ether oxygens (including phenoxy) is 2. The van der Waals surface area contributed by atoms with Gasteiger partial charge in [0.25, 0.3) is 0 Å². The van der Waals surface area contributed by atoms with Crippen LogP contribution < -0.4 is 20.5 Å². The fraction of sp³-hybridized carbons (Fsp3) is 0.417. The van der Waals surface area contributed by atoms with Gasteiger partial charge in [-0.05, 0) is 6.07 Å². The van der Waals surface area contributed by atoms with Crippen LogP contribution in [0.1, 0.15) is 12.0 Å². The summed E-state index contributed by atoms with van der Waals surface area (Å²) in [6, 6.07) is 5.80. The summed E-state index contributed by atoms with van der Waals surface area (Å²) in [5, 5.41) is 3.15. The summed E-state index contributed by atoms with van der Waals surface area (Å²) in [5.74, 6) is 1.28. The van der Waals surface area contributed by atoms with Gasteiger partial charge in [0.2, 0.25) is 5.91 Å². The Morgan fingerprint density at radius 2 is 2.18 bits per heavy atom. The number of nitrogens with two attached hydrogens (primary N) is 1. The number of para-hydroxylation sites is 1. The molecule has 1 heterocycles. The van der Waals surface area contributed by atoms with E-state index in [4.69, 9.17) is 15.2 Å². The third kappa shape index (κ3) is 3.10. The van der Waals surface area contributed by atoms with Crippen LogP contribution in [0.15, 0.2) is 18.2 Å². The van der Waals surface area contributed by atoms with Crippen LogP contribution in [0.5, 0.6) is 11.5 Å². The van der Waals surface area contributed by atoms with Crippen LogP contribution >= 0.6 is 0 Å². The van der Waals surface area contributed by atoms with Crippen molar-refractivity contribution in [2.24, 2.45) is 5.73 Å². The minimum atomic E-state index is -0.299. The molecule has 92 valence electrons. The lowest BCUT2D eigenvalue weighted by Gasteiger charge is -2.21. The third-order valence-electron chi connectivity index (χ3n) is 2.51. The first-order chi connectivity index (χ1) is 8.27. The molecule has 1 amide bonds. The van der Waals surface area contributed by atoms with Crippen LogP contribution in [0.4, 0.5) is 0 Å². The molecule has 0 spiro atoms. The zero-order valence-electron chi connectivity index (χ0n) is 9.57. The Hall–Kier alpha value is -1.75. The maximum atomic E-state index is 10.6. The highest BCUT2D eigenvalue weighted by molar-refractivity contribution is 5.73. The molecule has 0 atom stereocenters. The first kappa shape index (κ1) is 11.7. The van der Waals surface area contributed by atoms with Gasteiger partial charge < -0.3 is 20.5 Å². The van der Waals surface area contributed by atoms with Crippen molar-refractivity contribution in [1.29, 1.82) is 0 Å². The molecule has 17 heavy (non-hydrogen) atoms. The van der Waals surface area contributed by atoms with E-state index in [2.05, 4.69) is 5.32 Å². The fourth-order valence-electron chi connectivity index (χ4n) is 1.71. The monoisotopic (exact) mass is 236 g/mol. The van der Waals surface area contributed by atoms with Crippen molar-refractivity contribution in [2.75, 3.05) is 19.8 Å². The van der Waals surface area contributed by atoms with Gasteiger partial charge in [-0.3, -0.25) is 4.79 Å². The summed E-state index contributed by atoms with van der Waals surface area (Å²) in [7, 11) is 0. The van der Waals surface area contributed by atoms with Crippen molar-refractivity contribution in [3.63, 3.8) is 0 Å². The second-order valence-electron chi connectivity index (χ2n) is 3.83. The van der Waals surface area contributed by atoms with Crippen LogP contribution in [0.3, 0.4) is 0 Å². The zero-order chi connectivity index (χ0) is 12.1. The second kappa shape index (κ2) is 5.54. The first-order valence-corrected chi connectivity index (χ1v) is 5.64. The minimum absolute atomic E-state index is 0.299. The summed E-state index contributed by atoms with van der Waals surface area (Å²) < 4.78 is 11.1. The Labute approximate surface area is 99.9 Å². The molecule has 0 aliphatic carbocycles. The molecule has 0 saturated carbocycles. The number of primary amides is 1. The van der Waals surface area contributed by atoms with Gasteiger partial charge in [-0.1, -0.05) is 12.1 Å². The maximum absolute atomic E-state index is 10.6. The zero-order valence-corrected chi connectivity index (χ0v) is 9.57. The average molecular weight is 236 g/mol. The minimum Gasteiger partial charge on any atom is -0.486 e. The summed E-state index contributed by atoms with van der Waals surface area (Å²) in [5.41, 5.74) is 6.09. The van der Waals surface area contributed by atoms with E-state index in [1.807, 2.05) is 18.2 Å². The molecular formula is C12H16N2O3. The number of hydrogen-bond donors (Lipinski definition) is 2. The van der Waals surface area contributed by atoms with Crippen LogP contribution in [0, 0.1) is 0 Å². The smallest absolute Gasteiger partial charge is 0.218 e. The van der Waals surface area contributed by atoms with Crippen molar-refractivity contribution in [3.8, 4) is 11.5 Å². The largest absolute Gasteiger partial charge is 0.486 e. The van der Waals surface area contributed by atoms with E-state index < -0.39 is 0 Å². The highest BCUT2D eigenvalue weighted by atomic mass is 16.6. The van der Waals surface area contributed by atoms with E-state index in [0.29, 0.717) is 32.7 Å². The standard InChI is InChI=1S/C12H16N2O3/c13-11(15)4-5-14-8-9-2-1-3-10-12(9)17-7-6-16-10/h1-3,14H,4-8H2,(H2,13,15). The molecule has 3 N–H and O–H groups in total. The topological polar surface area (TPSA) is 73.6 Å². The van der Waals surface area contributed by atoms with Crippen molar-refractivity contribution in [3.05, 3.63) is 23.8 Å². The number of amides is 1. The van der Waals surface area contributed by atoms with Crippen LogP contribution in [0.2, 0.25) is 0 Å². The lowest BCUT2D eigenvalue weighted by Crippen LogP contribution is -2.23. The van der Waals surface area contributed by atoms with E-state index in [1.54, 1.807) is 0 Å². The van der Waals surface area contributed by atoms with Crippen molar-refractivity contribution in [2.45, 2.75) is 13.0 Å². The molecular weight excluding hydrogens is 220 g/mol. The quantitative estimate of drug-likeness (QED) is 0.727. The van der Waals surface area contributed by atoms with E-state index in [9.17, 15) is 4.79 Å². The van der Waals surface area contributed by atoms with E-state index in [1.165, 1.54) is 0 Å². The van der Waals surface area contributed by atoms with Gasteiger partial charge in [0.05, 0.1) is 0 Å². The molecule has 0 bridgehead atoms. The highest BCUT2D eigenvalue weighted by Gasteiger charge is 2.14. The Bertz CT molecular complexity index is 407. The average Bonchev–Trinajstić information content (AvgIpc) is 2.34. The number of rotatable bonds is 5. The Balaban J connectivity index is 1.94. The predicted molar refractivity (Wildman–Crippen MR) is 63.0 cm³/mol. The van der Waals surface area contributed by atoms with E-state index >= 15 is 0 Å². The fourth-order valence-corrected chi connectivity index (χ4v) is 1.71. The lowest BCUT2D eigenvalue weighted by atomic mass is 10.1. The number of nitrogens with one attached hydrogen (secondary N) is 1. The Kier molecular flexibility index (Phi) is 3.82. The number of hydrogen-bond acceptors (Lipinski definition) is 4. The SMILES string of the molecule is NC(=O)CCNCc1cccc2c1OCCO2. The van der Waals surface area contributed by atoms with Gasteiger partial charge in [0.1, 0.15) is 13.2 Å². The predicted octanol–water partition coefficient (Wildman–Crippen LogP) is 0.423. The van der Waals surface area contributed by atoms with Gasteiger partial charge in [0.15, 0.2) is 11.5 Å². The van der Waals surface area contributed by atoms with Gasteiger partial charge >= 0.3 is 0 Å². The van der Waals surface area contributed by atoms with Gasteiger partial charge in [-0.15, -0.1) is 0 Å². The molecule has 5 heteroatoms. The Morgan fingerprint density at radius 3 is 3.00 bits per heavy atom. The maximum Gasteiger partial charge on any atom is 0.218 e. The van der Waals surface area contributed by atoms with Crippen LogP contribution in [-0.4, -0.2) is 25.7 Å². The van der Waals surface area contributed by atoms with Crippen molar-refractivity contribution in [1.82, 2.24) is 5.32 Å². The first-order valence-electron chi connectivity index (χ1n) is 5.64. The molecule has 1 aliphatic heterocycles. The summed E-state index contributed by atoms with van der Waals surface area (Å²) in [4.78, 5) is 10.6. The van der Waals surface area contributed by atoms with E-state index in [0.717, 1.165) is 17.1 Å². The number of benzene rings is 1. The summed E-state index contributed by atoms with van der Waals surface area (Å²) >= 11 is 0. The summed E-state index contributed by atoms with van der Waals surface area (Å²) in [6.45, 7) is 2.37. The molecule has 0 fully saturated rings. The van der Waals surface area contributed by atoms with Crippen molar-refractivity contribution < 1.29 is 14.3 Å². The molecule has 1 aliphatic rings. The second-order valence-corrected chi connectivity index (χ2v) is 3.83. The normalized spacial score (nSPS) is 13.4. The molecule has 0 saturated heterocycles. The molecule has 2 rings (SSSR count). The van der Waals surface area contributed by atoms with E-state index in [-0.39, 0.29) is 5.91 Å². The molecule has 5 nitrogen and oxygen atoms in total. The third-order valence-corrected chi connectivity index (χ3v) is 2.51. The number of fused-ring (bicyclic) bond motifs is 1. The molecule has 0 aromatic heterocycles. The van der Waals surface area contributed by atoms with Crippen molar-refractivity contribution >= 4 is 5.91 Å². The highest BCUT2D eigenvalue weighted by Crippen LogP contribution is 2.33.